The molecule has 0 atom stereocenters. The number of alkyl halides is 3. The molecule has 3 aromatic carbocycles. The van der Waals surface area contributed by atoms with Crippen molar-refractivity contribution in [1.82, 2.24) is 4.98 Å². The first-order valence-corrected chi connectivity index (χ1v) is 6.80. The number of halogens is 3. The topological polar surface area (TPSA) is 12.9 Å². The molecule has 1 heterocycles. The molecule has 0 radical (unpaired) electrons. The van der Waals surface area contributed by atoms with Crippen molar-refractivity contribution in [3.63, 3.8) is 0 Å². The highest BCUT2D eigenvalue weighted by Gasteiger charge is 2.30. The van der Waals surface area contributed by atoms with Crippen molar-refractivity contribution in [2.24, 2.45) is 0 Å². The van der Waals surface area contributed by atoms with Gasteiger partial charge in [-0.25, -0.2) is 0 Å². The van der Waals surface area contributed by atoms with Crippen LogP contribution in [0.4, 0.5) is 13.2 Å². The summed E-state index contributed by atoms with van der Waals surface area (Å²) in [5.74, 6) is 0. The number of hydrogen-bond acceptors (Lipinski definition) is 1. The van der Waals surface area contributed by atoms with E-state index in [0.717, 1.165) is 33.0 Å². The SMILES string of the molecule is FC(F)(F)c1ccc2c(ccc3c4ccncc4ccc23)c1. The van der Waals surface area contributed by atoms with E-state index < -0.39 is 11.7 Å². The van der Waals surface area contributed by atoms with Crippen molar-refractivity contribution in [3.05, 3.63) is 66.5 Å². The molecule has 0 aliphatic heterocycles. The van der Waals surface area contributed by atoms with Crippen molar-refractivity contribution in [2.45, 2.75) is 6.18 Å². The maximum absolute atomic E-state index is 12.8. The number of nitrogens with zero attached hydrogens (tertiary/aromatic N) is 1. The van der Waals surface area contributed by atoms with E-state index in [0.29, 0.717) is 5.39 Å². The smallest absolute Gasteiger partial charge is 0.264 e. The molecule has 0 amide bonds. The molecule has 1 aromatic heterocycles. The van der Waals surface area contributed by atoms with Gasteiger partial charge >= 0.3 is 6.18 Å². The standard InChI is InChI=1S/C18H10F3N/c19-18(20,21)13-3-6-14-11(9-13)1-4-17-15-7-8-22-10-12(15)2-5-16(14)17/h1-10H. The molecule has 4 heteroatoms. The van der Waals surface area contributed by atoms with Crippen LogP contribution in [0, 0.1) is 0 Å². The molecular formula is C18H10F3N. The minimum Gasteiger partial charge on any atom is -0.264 e. The minimum atomic E-state index is -4.32. The van der Waals surface area contributed by atoms with Gasteiger partial charge in [0.1, 0.15) is 0 Å². The molecule has 4 aromatic rings. The molecule has 0 N–H and O–H groups in total. The molecule has 0 saturated heterocycles. The average molecular weight is 297 g/mol. The molecule has 22 heavy (non-hydrogen) atoms. The van der Waals surface area contributed by atoms with Crippen molar-refractivity contribution < 1.29 is 13.2 Å². The highest BCUT2D eigenvalue weighted by atomic mass is 19.4. The predicted octanol–water partition coefficient (Wildman–Crippen LogP) is 5.56. The van der Waals surface area contributed by atoms with Crippen LogP contribution in [-0.4, -0.2) is 4.98 Å². The van der Waals surface area contributed by atoms with Crippen LogP contribution in [0.15, 0.2) is 60.9 Å². The van der Waals surface area contributed by atoms with Crippen LogP contribution in [0.5, 0.6) is 0 Å². The molecule has 0 fully saturated rings. The molecule has 0 unspecified atom stereocenters. The molecule has 1 nitrogen and oxygen atoms in total. The van der Waals surface area contributed by atoms with Gasteiger partial charge in [-0.05, 0) is 45.1 Å². The summed E-state index contributed by atoms with van der Waals surface area (Å²) in [5.41, 5.74) is -0.621. The minimum absolute atomic E-state index is 0.593. The number of fused-ring (bicyclic) bond motifs is 5. The fourth-order valence-electron chi connectivity index (χ4n) is 2.90. The Bertz CT molecular complexity index is 1020. The molecule has 0 aliphatic carbocycles. The van der Waals surface area contributed by atoms with Crippen LogP contribution >= 0.6 is 0 Å². The predicted molar refractivity (Wildman–Crippen MR) is 81.8 cm³/mol. The highest BCUT2D eigenvalue weighted by Crippen LogP contribution is 2.35. The van der Waals surface area contributed by atoms with E-state index in [1.54, 1.807) is 24.5 Å². The number of hydrogen-bond donors (Lipinski definition) is 0. The Kier molecular flexibility index (Phi) is 2.64. The lowest BCUT2D eigenvalue weighted by Gasteiger charge is -2.10. The Morgan fingerprint density at radius 3 is 2.05 bits per heavy atom. The van der Waals surface area contributed by atoms with Crippen LogP contribution < -0.4 is 0 Å². The van der Waals surface area contributed by atoms with Crippen molar-refractivity contribution in [1.29, 1.82) is 0 Å². The summed E-state index contributed by atoms with van der Waals surface area (Å²) in [4.78, 5) is 4.10. The normalized spacial score (nSPS) is 12.3. The number of aromatic nitrogens is 1. The first-order valence-electron chi connectivity index (χ1n) is 6.80. The summed E-state index contributed by atoms with van der Waals surface area (Å²) in [7, 11) is 0. The van der Waals surface area contributed by atoms with E-state index in [1.165, 1.54) is 6.07 Å². The van der Waals surface area contributed by atoms with E-state index in [-0.39, 0.29) is 0 Å². The molecule has 4 rings (SSSR count). The number of benzene rings is 3. The van der Waals surface area contributed by atoms with E-state index in [2.05, 4.69) is 4.98 Å². The average Bonchev–Trinajstić information content (AvgIpc) is 2.52. The van der Waals surface area contributed by atoms with Crippen LogP contribution in [0.2, 0.25) is 0 Å². The van der Waals surface area contributed by atoms with Gasteiger partial charge in [-0.15, -0.1) is 0 Å². The Balaban J connectivity index is 2.09. The lowest BCUT2D eigenvalue weighted by molar-refractivity contribution is -0.137. The van der Waals surface area contributed by atoms with Crippen molar-refractivity contribution in [2.75, 3.05) is 0 Å². The highest BCUT2D eigenvalue weighted by molar-refractivity contribution is 6.17. The van der Waals surface area contributed by atoms with Gasteiger partial charge in [-0.2, -0.15) is 13.2 Å². The quantitative estimate of drug-likeness (QED) is 0.387. The Morgan fingerprint density at radius 2 is 1.32 bits per heavy atom. The van der Waals surface area contributed by atoms with Crippen molar-refractivity contribution in [3.8, 4) is 0 Å². The van der Waals surface area contributed by atoms with Crippen molar-refractivity contribution >= 4 is 32.3 Å². The van der Waals surface area contributed by atoms with Gasteiger partial charge in [0, 0.05) is 17.8 Å². The lowest BCUT2D eigenvalue weighted by Crippen LogP contribution is -2.04. The maximum Gasteiger partial charge on any atom is 0.416 e. The van der Waals surface area contributed by atoms with Crippen LogP contribution in [0.1, 0.15) is 5.56 Å². The molecule has 0 bridgehead atoms. The zero-order valence-corrected chi connectivity index (χ0v) is 11.4. The summed E-state index contributed by atoms with van der Waals surface area (Å²) in [6, 6.07) is 13.3. The summed E-state index contributed by atoms with van der Waals surface area (Å²) < 4.78 is 38.5. The monoisotopic (exact) mass is 297 g/mol. The third-order valence-corrected chi connectivity index (χ3v) is 3.96. The van der Waals surface area contributed by atoms with Gasteiger partial charge in [0.2, 0.25) is 0 Å². The fraction of sp³-hybridized carbons (Fsp3) is 0.0556. The van der Waals surface area contributed by atoms with Gasteiger partial charge in [0.05, 0.1) is 5.56 Å². The summed E-state index contributed by atoms with van der Waals surface area (Å²) >= 11 is 0. The van der Waals surface area contributed by atoms with Gasteiger partial charge in [-0.1, -0.05) is 30.3 Å². The zero-order chi connectivity index (χ0) is 15.3. The summed E-state index contributed by atoms with van der Waals surface area (Å²) in [6.45, 7) is 0. The summed E-state index contributed by atoms with van der Waals surface area (Å²) in [6.07, 6.45) is -0.817. The van der Waals surface area contributed by atoms with Gasteiger partial charge in [-0.3, -0.25) is 4.98 Å². The van der Waals surface area contributed by atoms with Crippen LogP contribution in [0.25, 0.3) is 32.3 Å². The molecular weight excluding hydrogens is 287 g/mol. The van der Waals surface area contributed by atoms with Gasteiger partial charge in [0.25, 0.3) is 0 Å². The number of rotatable bonds is 0. The maximum atomic E-state index is 12.8. The third-order valence-electron chi connectivity index (χ3n) is 3.96. The fourth-order valence-corrected chi connectivity index (χ4v) is 2.90. The Morgan fingerprint density at radius 1 is 0.682 bits per heavy atom. The second-order valence-electron chi connectivity index (χ2n) is 5.26. The van der Waals surface area contributed by atoms with Gasteiger partial charge in [0.15, 0.2) is 0 Å². The largest absolute Gasteiger partial charge is 0.416 e. The lowest BCUT2D eigenvalue weighted by atomic mass is 9.97. The zero-order valence-electron chi connectivity index (χ0n) is 11.4. The second-order valence-corrected chi connectivity index (χ2v) is 5.26. The van der Waals surface area contributed by atoms with Gasteiger partial charge < -0.3 is 0 Å². The van der Waals surface area contributed by atoms with E-state index in [1.807, 2.05) is 24.3 Å². The summed E-state index contributed by atoms with van der Waals surface area (Å²) in [5, 5.41) is 5.45. The molecule has 0 aliphatic rings. The van der Waals surface area contributed by atoms with E-state index in [4.69, 9.17) is 0 Å². The molecule has 108 valence electrons. The first kappa shape index (κ1) is 13.1. The Labute approximate surface area is 124 Å². The van der Waals surface area contributed by atoms with Crippen LogP contribution in [-0.2, 0) is 6.18 Å². The van der Waals surface area contributed by atoms with E-state index >= 15 is 0 Å². The van der Waals surface area contributed by atoms with E-state index in [9.17, 15) is 13.2 Å². The Hall–Kier alpha value is -2.62. The molecule has 0 spiro atoms. The number of pyridine rings is 1. The van der Waals surface area contributed by atoms with Crippen LogP contribution in [0.3, 0.4) is 0 Å². The third kappa shape index (κ3) is 1.91. The first-order chi connectivity index (χ1) is 10.5. The molecule has 0 saturated carbocycles. The second kappa shape index (κ2) is 4.44.